The minimum atomic E-state index is -0.900. The fourth-order valence-electron chi connectivity index (χ4n) is 2.71. The summed E-state index contributed by atoms with van der Waals surface area (Å²) in [5.41, 5.74) is 0.639. The topological polar surface area (TPSA) is 69.6 Å². The standard InChI is InChI=1S/C16H21ClN2O3/c1-10(2)15-16(22)18-7-8-19(15)14(21)9-13(20)11-3-5-12(17)6-4-11/h3-6,10,13,15,20H,7-9H2,1-2H3,(H,18,22). The van der Waals surface area contributed by atoms with Crippen LogP contribution in [0.25, 0.3) is 0 Å². The molecule has 1 saturated heterocycles. The highest BCUT2D eigenvalue weighted by Crippen LogP contribution is 2.22. The molecule has 2 atom stereocenters. The summed E-state index contributed by atoms with van der Waals surface area (Å²) in [6, 6.07) is 6.27. The van der Waals surface area contributed by atoms with E-state index in [0.717, 1.165) is 0 Å². The highest BCUT2D eigenvalue weighted by atomic mass is 35.5. The second-order valence-corrected chi connectivity index (χ2v) is 6.27. The molecular formula is C16H21ClN2O3. The SMILES string of the molecule is CC(C)C1C(=O)NCCN1C(=O)CC(O)c1ccc(Cl)cc1. The minimum Gasteiger partial charge on any atom is -0.388 e. The van der Waals surface area contributed by atoms with E-state index in [-0.39, 0.29) is 24.2 Å². The number of halogens is 1. The van der Waals surface area contributed by atoms with Crippen LogP contribution in [0, 0.1) is 5.92 Å². The molecular weight excluding hydrogens is 304 g/mol. The van der Waals surface area contributed by atoms with Gasteiger partial charge in [0.2, 0.25) is 11.8 Å². The van der Waals surface area contributed by atoms with Gasteiger partial charge in [-0.25, -0.2) is 0 Å². The van der Waals surface area contributed by atoms with Gasteiger partial charge in [-0.15, -0.1) is 0 Å². The third-order valence-electron chi connectivity index (χ3n) is 3.83. The van der Waals surface area contributed by atoms with E-state index >= 15 is 0 Å². The van der Waals surface area contributed by atoms with Gasteiger partial charge < -0.3 is 15.3 Å². The van der Waals surface area contributed by atoms with Crippen LogP contribution in [-0.4, -0.2) is 41.0 Å². The molecule has 5 nitrogen and oxygen atoms in total. The molecule has 0 saturated carbocycles. The van der Waals surface area contributed by atoms with Crippen molar-refractivity contribution in [1.29, 1.82) is 0 Å². The molecule has 2 amide bonds. The zero-order chi connectivity index (χ0) is 16.3. The minimum absolute atomic E-state index is 0.0249. The first kappa shape index (κ1) is 16.8. The number of benzene rings is 1. The Morgan fingerprint density at radius 2 is 2.05 bits per heavy atom. The molecule has 1 aliphatic rings. The van der Waals surface area contributed by atoms with Gasteiger partial charge in [0.05, 0.1) is 12.5 Å². The van der Waals surface area contributed by atoms with Crippen molar-refractivity contribution in [1.82, 2.24) is 10.2 Å². The van der Waals surface area contributed by atoms with Gasteiger partial charge in [0.25, 0.3) is 0 Å². The normalized spacial score (nSPS) is 20.0. The Bertz CT molecular complexity index is 545. The fraction of sp³-hybridized carbons (Fsp3) is 0.500. The summed E-state index contributed by atoms with van der Waals surface area (Å²) in [6.07, 6.45) is -0.944. The first-order valence-electron chi connectivity index (χ1n) is 7.41. The highest BCUT2D eigenvalue weighted by molar-refractivity contribution is 6.30. The van der Waals surface area contributed by atoms with Crippen molar-refractivity contribution in [3.8, 4) is 0 Å². The summed E-state index contributed by atoms with van der Waals surface area (Å²) in [7, 11) is 0. The molecule has 2 rings (SSSR count). The second kappa shape index (κ2) is 7.11. The first-order valence-corrected chi connectivity index (χ1v) is 7.78. The van der Waals surface area contributed by atoms with Crippen molar-refractivity contribution in [2.45, 2.75) is 32.4 Å². The third-order valence-corrected chi connectivity index (χ3v) is 4.08. The number of aliphatic hydroxyl groups excluding tert-OH is 1. The van der Waals surface area contributed by atoms with Gasteiger partial charge >= 0.3 is 0 Å². The van der Waals surface area contributed by atoms with Crippen LogP contribution in [0.2, 0.25) is 5.02 Å². The average Bonchev–Trinajstić information content (AvgIpc) is 2.47. The maximum absolute atomic E-state index is 12.5. The summed E-state index contributed by atoms with van der Waals surface area (Å²) in [6.45, 7) is 4.74. The quantitative estimate of drug-likeness (QED) is 0.886. The van der Waals surface area contributed by atoms with Gasteiger partial charge in [-0.05, 0) is 23.6 Å². The Hall–Kier alpha value is -1.59. The van der Waals surface area contributed by atoms with Gasteiger partial charge in [-0.1, -0.05) is 37.6 Å². The van der Waals surface area contributed by atoms with Crippen LogP contribution in [0.1, 0.15) is 31.9 Å². The Balaban J connectivity index is 2.06. The molecule has 1 aromatic rings. The summed E-state index contributed by atoms with van der Waals surface area (Å²) in [5.74, 6) is -0.316. The van der Waals surface area contributed by atoms with E-state index in [1.54, 1.807) is 29.2 Å². The number of nitrogens with zero attached hydrogens (tertiary/aromatic N) is 1. The van der Waals surface area contributed by atoms with E-state index in [4.69, 9.17) is 11.6 Å². The van der Waals surface area contributed by atoms with Gasteiger partial charge in [-0.2, -0.15) is 0 Å². The second-order valence-electron chi connectivity index (χ2n) is 5.84. The van der Waals surface area contributed by atoms with Crippen LogP contribution in [0.4, 0.5) is 0 Å². The zero-order valence-corrected chi connectivity index (χ0v) is 13.5. The van der Waals surface area contributed by atoms with E-state index in [0.29, 0.717) is 23.7 Å². The number of hydrogen-bond donors (Lipinski definition) is 2. The molecule has 1 aliphatic heterocycles. The average molecular weight is 325 g/mol. The Labute approximate surface area is 135 Å². The van der Waals surface area contributed by atoms with E-state index in [1.807, 2.05) is 13.8 Å². The summed E-state index contributed by atoms with van der Waals surface area (Å²) in [5, 5.41) is 13.6. The van der Waals surface area contributed by atoms with Gasteiger partial charge in [-0.3, -0.25) is 9.59 Å². The molecule has 0 aliphatic carbocycles. The van der Waals surface area contributed by atoms with E-state index in [2.05, 4.69) is 5.32 Å². The number of piperazine rings is 1. The van der Waals surface area contributed by atoms with Crippen LogP contribution in [0.15, 0.2) is 24.3 Å². The van der Waals surface area contributed by atoms with Gasteiger partial charge in [0, 0.05) is 18.1 Å². The van der Waals surface area contributed by atoms with Crippen molar-refractivity contribution >= 4 is 23.4 Å². The molecule has 0 aromatic heterocycles. The largest absolute Gasteiger partial charge is 0.388 e. The van der Waals surface area contributed by atoms with Crippen molar-refractivity contribution in [2.24, 2.45) is 5.92 Å². The summed E-state index contributed by atoms with van der Waals surface area (Å²) < 4.78 is 0. The van der Waals surface area contributed by atoms with E-state index in [1.165, 1.54) is 0 Å². The lowest BCUT2D eigenvalue weighted by Crippen LogP contribution is -2.59. The van der Waals surface area contributed by atoms with Crippen molar-refractivity contribution in [3.05, 3.63) is 34.9 Å². The molecule has 1 heterocycles. The van der Waals surface area contributed by atoms with Crippen molar-refractivity contribution in [2.75, 3.05) is 13.1 Å². The molecule has 0 radical (unpaired) electrons. The Morgan fingerprint density at radius 3 is 2.64 bits per heavy atom. The van der Waals surface area contributed by atoms with Crippen LogP contribution in [0.5, 0.6) is 0 Å². The smallest absolute Gasteiger partial charge is 0.243 e. The maximum Gasteiger partial charge on any atom is 0.243 e. The molecule has 120 valence electrons. The zero-order valence-electron chi connectivity index (χ0n) is 12.8. The highest BCUT2D eigenvalue weighted by Gasteiger charge is 2.35. The number of carbonyl (C=O) groups is 2. The molecule has 22 heavy (non-hydrogen) atoms. The first-order chi connectivity index (χ1) is 10.4. The van der Waals surface area contributed by atoms with E-state index in [9.17, 15) is 14.7 Å². The monoisotopic (exact) mass is 324 g/mol. The lowest BCUT2D eigenvalue weighted by molar-refractivity contribution is -0.146. The van der Waals surface area contributed by atoms with E-state index < -0.39 is 12.1 Å². The van der Waals surface area contributed by atoms with Crippen LogP contribution < -0.4 is 5.32 Å². The van der Waals surface area contributed by atoms with Crippen molar-refractivity contribution in [3.63, 3.8) is 0 Å². The Kier molecular flexibility index (Phi) is 5.42. The number of amides is 2. The van der Waals surface area contributed by atoms with Gasteiger partial charge in [0.1, 0.15) is 6.04 Å². The number of hydrogen-bond acceptors (Lipinski definition) is 3. The lowest BCUT2D eigenvalue weighted by Gasteiger charge is -2.37. The molecule has 0 bridgehead atoms. The number of carbonyl (C=O) groups excluding carboxylic acids is 2. The predicted molar refractivity (Wildman–Crippen MR) is 84.4 cm³/mol. The fourth-order valence-corrected chi connectivity index (χ4v) is 2.84. The molecule has 1 fully saturated rings. The van der Waals surface area contributed by atoms with Crippen LogP contribution in [0.3, 0.4) is 0 Å². The number of nitrogens with one attached hydrogen (secondary N) is 1. The molecule has 2 unspecified atom stereocenters. The molecule has 6 heteroatoms. The number of rotatable bonds is 4. The van der Waals surface area contributed by atoms with Crippen LogP contribution in [-0.2, 0) is 9.59 Å². The Morgan fingerprint density at radius 1 is 1.41 bits per heavy atom. The number of aliphatic hydroxyl groups is 1. The lowest BCUT2D eigenvalue weighted by atomic mass is 9.98. The third kappa shape index (κ3) is 3.78. The molecule has 0 spiro atoms. The van der Waals surface area contributed by atoms with Crippen molar-refractivity contribution < 1.29 is 14.7 Å². The predicted octanol–water partition coefficient (Wildman–Crippen LogP) is 1.75. The van der Waals surface area contributed by atoms with Gasteiger partial charge in [0.15, 0.2) is 0 Å². The molecule has 1 aromatic carbocycles. The summed E-state index contributed by atoms with van der Waals surface area (Å²) >= 11 is 5.81. The molecule has 2 N–H and O–H groups in total. The summed E-state index contributed by atoms with van der Waals surface area (Å²) in [4.78, 5) is 26.0. The maximum atomic E-state index is 12.5. The van der Waals surface area contributed by atoms with Crippen LogP contribution >= 0.6 is 11.6 Å².